The maximum atomic E-state index is 10.9. The van der Waals surface area contributed by atoms with Gasteiger partial charge < -0.3 is 9.47 Å². The summed E-state index contributed by atoms with van der Waals surface area (Å²) < 4.78 is 7.47. The van der Waals surface area contributed by atoms with Crippen molar-refractivity contribution in [2.45, 2.75) is 4.45 Å². The Morgan fingerprint density at radius 3 is 2.42 bits per heavy atom. The van der Waals surface area contributed by atoms with Crippen LogP contribution < -0.4 is 0 Å². The van der Waals surface area contributed by atoms with Gasteiger partial charge in [-0.1, -0.05) is 0 Å². The van der Waals surface area contributed by atoms with Crippen molar-refractivity contribution in [3.05, 3.63) is 0 Å². The Labute approximate surface area is 76.9 Å². The van der Waals surface area contributed by atoms with Crippen LogP contribution in [0.1, 0.15) is 0 Å². The fourth-order valence-electron chi connectivity index (χ4n) is 0.681. The summed E-state index contributed by atoms with van der Waals surface area (Å²) >= 11 is 2.94. The van der Waals surface area contributed by atoms with Crippen molar-refractivity contribution in [3.63, 3.8) is 0 Å². The van der Waals surface area contributed by atoms with Crippen molar-refractivity contribution in [2.75, 3.05) is 14.2 Å². The van der Waals surface area contributed by atoms with Crippen LogP contribution in [0, 0.1) is 0 Å². The molecule has 66 valence electrons. The van der Waals surface area contributed by atoms with Crippen molar-refractivity contribution in [1.82, 2.24) is 0 Å². The number of carbonyl (C=O) groups is 2. The van der Waals surface area contributed by atoms with E-state index >= 15 is 0 Å². The Kier molecular flexibility index (Phi) is 2.18. The maximum absolute atomic E-state index is 10.9. The molecule has 0 spiro atoms. The van der Waals surface area contributed by atoms with E-state index < -0.39 is 16.4 Å². The number of alkyl halides is 1. The second-order valence-electron chi connectivity index (χ2n) is 2.07. The molecule has 0 amide bonds. The van der Waals surface area contributed by atoms with Crippen molar-refractivity contribution in [3.8, 4) is 0 Å². The summed E-state index contributed by atoms with van der Waals surface area (Å²) in [5, 5.41) is 0. The van der Waals surface area contributed by atoms with E-state index in [2.05, 4.69) is 30.4 Å². The fraction of sp³-hybridized carbons (Fsp3) is 0.500. The molecule has 0 N–H and O–H groups in total. The zero-order valence-corrected chi connectivity index (χ0v) is 8.04. The highest BCUT2D eigenvalue weighted by molar-refractivity contribution is 9.10. The van der Waals surface area contributed by atoms with Gasteiger partial charge >= 0.3 is 11.9 Å². The van der Waals surface area contributed by atoms with E-state index in [1.807, 2.05) is 0 Å². The minimum atomic E-state index is -1.28. The average Bonchev–Trinajstić information content (AvgIpc) is 2.76. The van der Waals surface area contributed by atoms with Crippen LogP contribution in [0.5, 0.6) is 0 Å². The molecule has 1 heterocycles. The van der Waals surface area contributed by atoms with Gasteiger partial charge in [-0.3, -0.25) is 0 Å². The molecule has 1 rings (SSSR count). The normalized spacial score (nSPS) is 25.8. The second kappa shape index (κ2) is 2.85. The van der Waals surface area contributed by atoms with E-state index in [9.17, 15) is 9.59 Å². The van der Waals surface area contributed by atoms with Gasteiger partial charge in [-0.15, -0.1) is 0 Å². The van der Waals surface area contributed by atoms with E-state index in [-0.39, 0.29) is 5.71 Å². The molecule has 0 saturated heterocycles. The molecule has 0 radical (unpaired) electrons. The molecular weight excluding hydrogens is 230 g/mol. The van der Waals surface area contributed by atoms with Crippen LogP contribution in [0.15, 0.2) is 4.99 Å². The molecule has 1 atom stereocenters. The molecule has 0 aromatic carbocycles. The van der Waals surface area contributed by atoms with Crippen LogP contribution in [-0.4, -0.2) is 36.3 Å². The summed E-state index contributed by atoms with van der Waals surface area (Å²) in [6.07, 6.45) is 0. The van der Waals surface area contributed by atoms with Gasteiger partial charge in [0.15, 0.2) is 5.71 Å². The van der Waals surface area contributed by atoms with Crippen LogP contribution in [0.3, 0.4) is 0 Å². The lowest BCUT2D eigenvalue weighted by Gasteiger charge is -2.02. The summed E-state index contributed by atoms with van der Waals surface area (Å²) in [6.45, 7) is 0. The Morgan fingerprint density at radius 1 is 1.42 bits per heavy atom. The van der Waals surface area contributed by atoms with Gasteiger partial charge in [0.25, 0.3) is 4.45 Å². The zero-order chi connectivity index (χ0) is 9.35. The first-order chi connectivity index (χ1) is 5.56. The molecule has 1 unspecified atom stereocenters. The molecule has 5 nitrogen and oxygen atoms in total. The third kappa shape index (κ3) is 1.22. The molecule has 0 aromatic rings. The lowest BCUT2D eigenvalue weighted by molar-refractivity contribution is -0.141. The molecule has 12 heavy (non-hydrogen) atoms. The third-order valence-corrected chi connectivity index (χ3v) is 2.24. The van der Waals surface area contributed by atoms with Gasteiger partial charge in [0.2, 0.25) is 0 Å². The van der Waals surface area contributed by atoms with Gasteiger partial charge in [0, 0.05) is 0 Å². The van der Waals surface area contributed by atoms with Gasteiger partial charge in [0.1, 0.15) is 0 Å². The summed E-state index contributed by atoms with van der Waals surface area (Å²) in [5.41, 5.74) is 0.0388. The number of rotatable bonds is 2. The number of nitrogens with zero attached hydrogens (tertiary/aromatic N) is 1. The first-order valence-electron chi connectivity index (χ1n) is 3.02. The van der Waals surface area contributed by atoms with Crippen LogP contribution in [0.4, 0.5) is 0 Å². The van der Waals surface area contributed by atoms with Gasteiger partial charge in [-0.05, 0) is 15.9 Å². The summed E-state index contributed by atoms with van der Waals surface area (Å²) in [4.78, 5) is 25.4. The van der Waals surface area contributed by atoms with Crippen molar-refractivity contribution in [2.24, 2.45) is 4.99 Å². The number of ether oxygens (including phenoxy) is 2. The number of carbonyl (C=O) groups excluding carboxylic acids is 2. The number of hydrogen-bond donors (Lipinski definition) is 0. The smallest absolute Gasteiger partial charge is 0.356 e. The summed E-state index contributed by atoms with van der Waals surface area (Å²) in [5.74, 6) is -1.25. The fourth-order valence-corrected chi connectivity index (χ4v) is 1.18. The Morgan fingerprint density at radius 2 is 2.00 bits per heavy atom. The number of halogens is 1. The van der Waals surface area contributed by atoms with E-state index in [1.165, 1.54) is 14.2 Å². The van der Waals surface area contributed by atoms with Crippen molar-refractivity contribution < 1.29 is 19.1 Å². The van der Waals surface area contributed by atoms with Crippen molar-refractivity contribution >= 4 is 33.6 Å². The zero-order valence-electron chi connectivity index (χ0n) is 6.46. The molecule has 1 aliphatic rings. The summed E-state index contributed by atoms with van der Waals surface area (Å²) in [7, 11) is 2.43. The van der Waals surface area contributed by atoms with Crippen LogP contribution in [-0.2, 0) is 19.1 Å². The Hall–Kier alpha value is -0.910. The lowest BCUT2D eigenvalue weighted by Crippen LogP contribution is -2.29. The maximum Gasteiger partial charge on any atom is 0.356 e. The van der Waals surface area contributed by atoms with Crippen LogP contribution in [0.25, 0.3) is 0 Å². The highest BCUT2D eigenvalue weighted by Crippen LogP contribution is 2.36. The van der Waals surface area contributed by atoms with E-state index in [0.717, 1.165) is 0 Å². The highest BCUT2D eigenvalue weighted by Gasteiger charge is 2.57. The minimum Gasteiger partial charge on any atom is -0.466 e. The SMILES string of the molecule is COC(=O)C1=NC1(Br)C(=O)OC. The number of methoxy groups -OCH3 is 2. The monoisotopic (exact) mass is 235 g/mol. The average molecular weight is 236 g/mol. The number of hydrogen-bond acceptors (Lipinski definition) is 5. The lowest BCUT2D eigenvalue weighted by atomic mass is 10.3. The first-order valence-corrected chi connectivity index (χ1v) is 3.81. The standard InChI is InChI=1S/C6H6BrNO4/c1-11-4(9)3-6(7,8-3)5(10)12-2/h1-2H3. The first kappa shape index (κ1) is 9.18. The molecule has 0 bridgehead atoms. The Balaban J connectivity index is 2.63. The van der Waals surface area contributed by atoms with Crippen LogP contribution >= 0.6 is 15.9 Å². The van der Waals surface area contributed by atoms with Crippen LogP contribution in [0.2, 0.25) is 0 Å². The second-order valence-corrected chi connectivity index (χ2v) is 3.21. The molecular formula is C6H6BrNO4. The largest absolute Gasteiger partial charge is 0.466 e. The predicted molar refractivity (Wildman–Crippen MR) is 43.1 cm³/mol. The predicted octanol–water partition coefficient (Wildman–Crippen LogP) is -0.122. The molecule has 0 aromatic heterocycles. The molecule has 0 fully saturated rings. The molecule has 0 aliphatic carbocycles. The number of aliphatic imine (C=N–C) groups is 1. The van der Waals surface area contributed by atoms with Crippen molar-refractivity contribution in [1.29, 1.82) is 0 Å². The quantitative estimate of drug-likeness (QED) is 0.381. The van der Waals surface area contributed by atoms with Gasteiger partial charge in [0.05, 0.1) is 14.2 Å². The third-order valence-electron chi connectivity index (χ3n) is 1.36. The molecule has 0 saturated carbocycles. The summed E-state index contributed by atoms with van der Waals surface area (Å²) in [6, 6.07) is 0. The molecule has 6 heteroatoms. The van der Waals surface area contributed by atoms with E-state index in [0.29, 0.717) is 0 Å². The minimum absolute atomic E-state index is 0.0388. The van der Waals surface area contributed by atoms with E-state index in [4.69, 9.17) is 0 Å². The Bertz CT molecular complexity index is 275. The number of esters is 2. The molecule has 1 aliphatic heterocycles. The topological polar surface area (TPSA) is 65.0 Å². The van der Waals surface area contributed by atoms with Gasteiger partial charge in [-0.2, -0.15) is 0 Å². The van der Waals surface area contributed by atoms with E-state index in [1.54, 1.807) is 0 Å². The van der Waals surface area contributed by atoms with Gasteiger partial charge in [-0.25, -0.2) is 14.6 Å². The highest BCUT2D eigenvalue weighted by atomic mass is 79.9.